The van der Waals surface area contributed by atoms with Gasteiger partial charge in [-0.3, -0.25) is 0 Å². The molecule has 0 amide bonds. The maximum absolute atomic E-state index is 2.51. The van der Waals surface area contributed by atoms with Gasteiger partial charge in [-0.2, -0.15) is 0 Å². The molecule has 3 aromatic rings. The maximum atomic E-state index is 2.51. The first-order chi connectivity index (χ1) is 16.7. The van der Waals surface area contributed by atoms with Crippen LogP contribution < -0.4 is 0 Å². The first-order valence-electron chi connectivity index (χ1n) is 14.0. The third-order valence-electron chi connectivity index (χ3n) is 10.4. The van der Waals surface area contributed by atoms with Crippen molar-refractivity contribution in [3.8, 4) is 22.3 Å². The number of hydrogen-bond acceptors (Lipinski definition) is 0. The fourth-order valence-corrected chi connectivity index (χ4v) is 9.25. The molecule has 0 spiro atoms. The second-order valence-corrected chi connectivity index (χ2v) is 14.1. The minimum Gasteiger partial charge on any atom is -0.0619 e. The van der Waals surface area contributed by atoms with E-state index in [4.69, 9.17) is 0 Å². The number of rotatable bonds is 2. The van der Waals surface area contributed by atoms with Crippen LogP contribution in [0.1, 0.15) is 95.4 Å². The van der Waals surface area contributed by atoms with Crippen LogP contribution in [-0.4, -0.2) is 0 Å². The zero-order chi connectivity index (χ0) is 24.2. The van der Waals surface area contributed by atoms with Gasteiger partial charge in [-0.1, -0.05) is 95.3 Å². The van der Waals surface area contributed by atoms with E-state index in [1.807, 2.05) is 0 Å². The van der Waals surface area contributed by atoms with Crippen LogP contribution in [-0.2, 0) is 16.2 Å². The topological polar surface area (TPSA) is 0 Å². The number of benzene rings is 3. The summed E-state index contributed by atoms with van der Waals surface area (Å²) in [6.07, 6.45) is 8.86. The predicted octanol–water partition coefficient (Wildman–Crippen LogP) is 9.43. The highest BCUT2D eigenvalue weighted by molar-refractivity contribution is 5.93. The van der Waals surface area contributed by atoms with Crippen LogP contribution in [0.3, 0.4) is 0 Å². The van der Waals surface area contributed by atoms with Crippen LogP contribution in [0.25, 0.3) is 22.3 Å². The third kappa shape index (κ3) is 3.11. The first-order valence-corrected chi connectivity index (χ1v) is 14.0. The summed E-state index contributed by atoms with van der Waals surface area (Å²) in [5, 5.41) is 0. The van der Waals surface area contributed by atoms with Crippen molar-refractivity contribution in [3.05, 3.63) is 82.9 Å². The van der Waals surface area contributed by atoms with Gasteiger partial charge in [0, 0.05) is 5.41 Å². The summed E-state index contributed by atoms with van der Waals surface area (Å²) < 4.78 is 0. The Balaban J connectivity index is 1.36. The first kappa shape index (κ1) is 21.9. The molecule has 180 valence electrons. The van der Waals surface area contributed by atoms with Crippen LogP contribution in [0, 0.1) is 17.8 Å². The van der Waals surface area contributed by atoms with Gasteiger partial charge in [-0.15, -0.1) is 0 Å². The lowest BCUT2D eigenvalue weighted by molar-refractivity contribution is -0.00518. The van der Waals surface area contributed by atoms with Gasteiger partial charge in [0.15, 0.2) is 0 Å². The Labute approximate surface area is 212 Å². The average molecular weight is 461 g/mol. The van der Waals surface area contributed by atoms with Crippen molar-refractivity contribution in [2.45, 2.75) is 89.4 Å². The molecule has 0 atom stereocenters. The van der Waals surface area contributed by atoms with Crippen molar-refractivity contribution >= 4 is 0 Å². The molecule has 0 heterocycles. The molecule has 0 aromatic heterocycles. The predicted molar refractivity (Wildman–Crippen MR) is 148 cm³/mol. The zero-order valence-corrected chi connectivity index (χ0v) is 22.2. The summed E-state index contributed by atoms with van der Waals surface area (Å²) in [4.78, 5) is 0. The van der Waals surface area contributed by atoms with E-state index < -0.39 is 0 Å². The smallest absolute Gasteiger partial charge is 0.0162 e. The van der Waals surface area contributed by atoms with E-state index in [0.29, 0.717) is 5.41 Å². The lowest BCUT2D eigenvalue weighted by Crippen LogP contribution is -2.48. The molecule has 5 aliphatic carbocycles. The van der Waals surface area contributed by atoms with E-state index in [0.717, 1.165) is 17.8 Å². The summed E-state index contributed by atoms with van der Waals surface area (Å²) in [6, 6.07) is 23.9. The van der Waals surface area contributed by atoms with Crippen molar-refractivity contribution in [3.63, 3.8) is 0 Å². The van der Waals surface area contributed by atoms with Crippen molar-refractivity contribution in [2.75, 3.05) is 0 Å². The van der Waals surface area contributed by atoms with Crippen molar-refractivity contribution in [1.82, 2.24) is 0 Å². The molecule has 5 aliphatic rings. The van der Waals surface area contributed by atoms with Crippen LogP contribution in [0.4, 0.5) is 0 Å². The van der Waals surface area contributed by atoms with Gasteiger partial charge in [0.25, 0.3) is 0 Å². The Kier molecular flexibility index (Phi) is 4.45. The minimum atomic E-state index is 0.0175. The fourth-order valence-electron chi connectivity index (χ4n) is 9.25. The van der Waals surface area contributed by atoms with Gasteiger partial charge in [-0.05, 0) is 112 Å². The molecule has 35 heavy (non-hydrogen) atoms. The molecule has 4 bridgehead atoms. The lowest BCUT2D eigenvalue weighted by atomic mass is 9.48. The molecule has 0 nitrogen and oxygen atoms in total. The van der Waals surface area contributed by atoms with E-state index in [1.165, 1.54) is 77.5 Å². The second-order valence-electron chi connectivity index (χ2n) is 14.1. The van der Waals surface area contributed by atoms with Crippen LogP contribution in [0.2, 0.25) is 0 Å². The average Bonchev–Trinajstić information content (AvgIpc) is 3.05. The summed E-state index contributed by atoms with van der Waals surface area (Å²) in [6.45, 7) is 11.9. The minimum absolute atomic E-state index is 0.0175. The standard InChI is InChI=1S/C35H40/c1-33(2,3)30-15-14-27(31-28-8-6-7-9-29(28)34(4,5)32(30)31)25-10-12-26(13-11-25)35-19-22-16-23(20-35)18-24(17-22)21-35/h6-15,22-24H,16-21H2,1-5H3. The molecule has 3 aromatic carbocycles. The SMILES string of the molecule is CC(C)(C)c1ccc(-c2ccc(C34CC5CC(CC(C5)C3)C4)cc2)c2c1C(C)(C)c1ccccc1-2. The Morgan fingerprint density at radius 2 is 1.29 bits per heavy atom. The summed E-state index contributed by atoms with van der Waals surface area (Å²) in [7, 11) is 0. The van der Waals surface area contributed by atoms with Gasteiger partial charge in [-0.25, -0.2) is 0 Å². The molecule has 0 N–H and O–H groups in total. The Hall–Kier alpha value is -2.34. The largest absolute Gasteiger partial charge is 0.0619 e. The molecule has 0 unspecified atom stereocenters. The van der Waals surface area contributed by atoms with E-state index in [2.05, 4.69) is 95.3 Å². The van der Waals surface area contributed by atoms with Crippen molar-refractivity contribution in [1.29, 1.82) is 0 Å². The molecule has 4 fully saturated rings. The number of fused-ring (bicyclic) bond motifs is 3. The Morgan fingerprint density at radius 1 is 0.686 bits per heavy atom. The van der Waals surface area contributed by atoms with Crippen molar-refractivity contribution in [2.24, 2.45) is 17.8 Å². The van der Waals surface area contributed by atoms with E-state index in [1.54, 1.807) is 5.56 Å². The molecule has 4 saturated carbocycles. The molecular weight excluding hydrogens is 420 g/mol. The van der Waals surface area contributed by atoms with Crippen molar-refractivity contribution < 1.29 is 0 Å². The van der Waals surface area contributed by atoms with Crippen LogP contribution in [0.15, 0.2) is 60.7 Å². The van der Waals surface area contributed by atoms with Gasteiger partial charge in [0.05, 0.1) is 0 Å². The van der Waals surface area contributed by atoms with E-state index in [9.17, 15) is 0 Å². The fraction of sp³-hybridized carbons (Fsp3) is 0.486. The molecule has 0 heteroatoms. The van der Waals surface area contributed by atoms with Gasteiger partial charge in [0.2, 0.25) is 0 Å². The molecule has 0 radical (unpaired) electrons. The Bertz CT molecular complexity index is 1280. The highest BCUT2D eigenvalue weighted by atomic mass is 14.6. The summed E-state index contributed by atoms with van der Waals surface area (Å²) >= 11 is 0. The highest BCUT2D eigenvalue weighted by Gasteiger charge is 2.51. The molecule has 0 saturated heterocycles. The summed E-state index contributed by atoms with van der Waals surface area (Å²) in [5.41, 5.74) is 12.4. The summed E-state index contributed by atoms with van der Waals surface area (Å²) in [5.74, 6) is 2.98. The van der Waals surface area contributed by atoms with Gasteiger partial charge >= 0.3 is 0 Å². The van der Waals surface area contributed by atoms with E-state index >= 15 is 0 Å². The monoisotopic (exact) mass is 460 g/mol. The zero-order valence-electron chi connectivity index (χ0n) is 22.2. The normalized spacial score (nSPS) is 29.8. The number of hydrogen-bond donors (Lipinski definition) is 0. The molecule has 8 rings (SSSR count). The van der Waals surface area contributed by atoms with Gasteiger partial charge in [0.1, 0.15) is 0 Å². The lowest BCUT2D eigenvalue weighted by Gasteiger charge is -2.57. The molecule has 0 aliphatic heterocycles. The Morgan fingerprint density at radius 3 is 1.89 bits per heavy atom. The quantitative estimate of drug-likeness (QED) is 0.357. The van der Waals surface area contributed by atoms with Gasteiger partial charge < -0.3 is 0 Å². The maximum Gasteiger partial charge on any atom is 0.0162 e. The third-order valence-corrected chi connectivity index (χ3v) is 10.4. The van der Waals surface area contributed by atoms with Crippen LogP contribution >= 0.6 is 0 Å². The van der Waals surface area contributed by atoms with E-state index in [-0.39, 0.29) is 10.8 Å². The second kappa shape index (κ2) is 7.12. The highest BCUT2D eigenvalue weighted by Crippen LogP contribution is 2.61. The van der Waals surface area contributed by atoms with Crippen LogP contribution in [0.5, 0.6) is 0 Å². The molecular formula is C35H40.